The first kappa shape index (κ1) is 13.6. The average molecular weight is 282 g/mol. The number of ketones is 3. The van der Waals surface area contributed by atoms with Gasteiger partial charge in [-0.1, -0.05) is 12.2 Å². The van der Waals surface area contributed by atoms with Gasteiger partial charge in [-0.25, -0.2) is 0 Å². The molecule has 0 aromatic heterocycles. The molecule has 21 heavy (non-hydrogen) atoms. The molecule has 4 heteroatoms. The summed E-state index contributed by atoms with van der Waals surface area (Å²) in [7, 11) is 0. The van der Waals surface area contributed by atoms with Gasteiger partial charge in [0.25, 0.3) is 0 Å². The van der Waals surface area contributed by atoms with Crippen LogP contribution in [0.1, 0.15) is 44.9 Å². The van der Waals surface area contributed by atoms with Crippen molar-refractivity contribution in [2.75, 3.05) is 0 Å². The van der Waals surface area contributed by atoms with Crippen molar-refractivity contribution in [3.63, 3.8) is 0 Å². The first-order valence-electron chi connectivity index (χ1n) is 6.72. The number of fused-ring (bicyclic) bond motifs is 2. The number of rotatable bonds is 1. The molecule has 0 heterocycles. The van der Waals surface area contributed by atoms with Crippen LogP contribution in [-0.2, 0) is 4.79 Å². The van der Waals surface area contributed by atoms with Gasteiger partial charge in [-0.05, 0) is 43.2 Å². The van der Waals surface area contributed by atoms with Gasteiger partial charge in [-0.15, -0.1) is 0 Å². The van der Waals surface area contributed by atoms with Crippen LogP contribution in [-0.4, -0.2) is 22.5 Å². The highest BCUT2D eigenvalue weighted by molar-refractivity contribution is 6.17. The molecule has 2 aliphatic carbocycles. The molecule has 2 aliphatic rings. The minimum atomic E-state index is -1.10. The molecule has 0 fully saturated rings. The Bertz CT molecular complexity index is 752. The Kier molecular flexibility index (Phi) is 2.99. The quantitative estimate of drug-likeness (QED) is 0.801. The zero-order valence-corrected chi connectivity index (χ0v) is 11.7. The second kappa shape index (κ2) is 4.60. The Morgan fingerprint density at radius 1 is 1.24 bits per heavy atom. The lowest BCUT2D eigenvalue weighted by molar-refractivity contribution is -0.120. The van der Waals surface area contributed by atoms with Gasteiger partial charge < -0.3 is 5.11 Å². The third-order valence-corrected chi connectivity index (χ3v) is 4.09. The molecule has 0 spiro atoms. The fourth-order valence-electron chi connectivity index (χ4n) is 3.03. The molecule has 0 saturated carbocycles. The summed E-state index contributed by atoms with van der Waals surface area (Å²) >= 11 is 0. The number of hydrogen-bond acceptors (Lipinski definition) is 4. The molecule has 0 bridgehead atoms. The summed E-state index contributed by atoms with van der Waals surface area (Å²) in [6, 6.07) is 3.16. The normalized spacial score (nSPS) is 23.5. The van der Waals surface area contributed by atoms with Crippen molar-refractivity contribution in [1.82, 2.24) is 0 Å². The summed E-state index contributed by atoms with van der Waals surface area (Å²) in [5, 5.41) is 10.5. The number of carbonyl (C=O) groups is 3. The van der Waals surface area contributed by atoms with E-state index in [4.69, 9.17) is 0 Å². The molecule has 106 valence electrons. The molecule has 1 aromatic carbocycles. The van der Waals surface area contributed by atoms with E-state index < -0.39 is 12.0 Å². The van der Waals surface area contributed by atoms with Gasteiger partial charge >= 0.3 is 0 Å². The average Bonchev–Trinajstić information content (AvgIpc) is 2.43. The number of allylic oxidation sites excluding steroid dienone is 3. The number of aliphatic hydroxyl groups excluding tert-OH is 1. The molecule has 1 aromatic rings. The fourth-order valence-corrected chi connectivity index (χ4v) is 3.03. The van der Waals surface area contributed by atoms with Gasteiger partial charge in [0.05, 0.1) is 12.0 Å². The van der Waals surface area contributed by atoms with Crippen LogP contribution < -0.4 is 0 Å². The van der Waals surface area contributed by atoms with E-state index in [0.717, 1.165) is 0 Å². The second-order valence-electron chi connectivity index (χ2n) is 5.45. The Morgan fingerprint density at radius 3 is 2.62 bits per heavy atom. The summed E-state index contributed by atoms with van der Waals surface area (Å²) in [6.45, 7) is 3.19. The Hall–Kier alpha value is -2.33. The summed E-state index contributed by atoms with van der Waals surface area (Å²) in [4.78, 5) is 36.1. The molecule has 0 amide bonds. The maximum Gasteiger partial charge on any atom is 0.190 e. The highest BCUT2D eigenvalue weighted by atomic mass is 16.3. The Balaban J connectivity index is 2.25. The van der Waals surface area contributed by atoms with Gasteiger partial charge in [-0.3, -0.25) is 14.4 Å². The van der Waals surface area contributed by atoms with Gasteiger partial charge in [0, 0.05) is 16.7 Å². The monoisotopic (exact) mass is 282 g/mol. The molecular weight excluding hydrogens is 268 g/mol. The number of benzene rings is 1. The molecule has 0 radical (unpaired) electrons. The van der Waals surface area contributed by atoms with E-state index in [2.05, 4.69) is 0 Å². The highest BCUT2D eigenvalue weighted by Crippen LogP contribution is 2.40. The molecule has 3 rings (SSSR count). The van der Waals surface area contributed by atoms with Crippen LogP contribution in [0.2, 0.25) is 0 Å². The van der Waals surface area contributed by atoms with Crippen LogP contribution in [0.5, 0.6) is 0 Å². The molecule has 0 saturated heterocycles. The largest absolute Gasteiger partial charge is 0.387 e. The zero-order valence-electron chi connectivity index (χ0n) is 11.7. The number of aryl methyl sites for hydroxylation is 1. The van der Waals surface area contributed by atoms with Crippen LogP contribution in [0.15, 0.2) is 35.9 Å². The van der Waals surface area contributed by atoms with E-state index in [1.165, 1.54) is 25.1 Å². The summed E-state index contributed by atoms with van der Waals surface area (Å²) in [6.07, 6.45) is 3.37. The number of hydrogen-bond donors (Lipinski definition) is 1. The molecule has 1 unspecified atom stereocenters. The van der Waals surface area contributed by atoms with Gasteiger partial charge in [0.2, 0.25) is 0 Å². The van der Waals surface area contributed by atoms with E-state index in [1.54, 1.807) is 19.1 Å². The summed E-state index contributed by atoms with van der Waals surface area (Å²) in [5.74, 6) is -1.54. The van der Waals surface area contributed by atoms with Crippen LogP contribution in [0.3, 0.4) is 0 Å². The predicted octanol–water partition coefficient (Wildman–Crippen LogP) is 2.11. The maximum absolute atomic E-state index is 12.5. The van der Waals surface area contributed by atoms with E-state index in [9.17, 15) is 19.5 Å². The van der Waals surface area contributed by atoms with Crippen molar-refractivity contribution in [3.05, 3.63) is 58.2 Å². The van der Waals surface area contributed by atoms with E-state index in [1.807, 2.05) is 0 Å². The van der Waals surface area contributed by atoms with E-state index in [0.29, 0.717) is 27.8 Å². The van der Waals surface area contributed by atoms with Gasteiger partial charge in [0.15, 0.2) is 17.3 Å². The molecular formula is C17H14O4. The summed E-state index contributed by atoms with van der Waals surface area (Å²) in [5.41, 5.74) is 2.21. The summed E-state index contributed by atoms with van der Waals surface area (Å²) < 4.78 is 0. The van der Waals surface area contributed by atoms with E-state index in [-0.39, 0.29) is 17.3 Å². The minimum absolute atomic E-state index is 0.133. The van der Waals surface area contributed by atoms with Crippen LogP contribution >= 0.6 is 0 Å². The predicted molar refractivity (Wildman–Crippen MR) is 76.2 cm³/mol. The number of aliphatic hydroxyl groups is 1. The van der Waals surface area contributed by atoms with Crippen LogP contribution in [0.4, 0.5) is 0 Å². The number of Topliss-reactive ketones (excluding diaryl/α,β-unsaturated/α-hetero) is 2. The van der Waals surface area contributed by atoms with Crippen molar-refractivity contribution in [3.8, 4) is 0 Å². The third kappa shape index (κ3) is 1.91. The smallest absolute Gasteiger partial charge is 0.190 e. The van der Waals surface area contributed by atoms with Crippen LogP contribution in [0.25, 0.3) is 0 Å². The standard InChI is InChI=1S/C17H14O4/c1-8-6-12-13(7-11(8)9(2)18)17(21)15-10(16(12)20)4-3-5-14(15)19/h3-7,15,17,21H,1-2H3/t15-,17?/m0/s1. The first-order valence-corrected chi connectivity index (χ1v) is 6.72. The Morgan fingerprint density at radius 2 is 1.95 bits per heavy atom. The van der Waals surface area contributed by atoms with Crippen molar-refractivity contribution >= 4 is 17.3 Å². The lowest BCUT2D eigenvalue weighted by Gasteiger charge is -2.31. The maximum atomic E-state index is 12.5. The highest BCUT2D eigenvalue weighted by Gasteiger charge is 2.41. The second-order valence-corrected chi connectivity index (χ2v) is 5.45. The third-order valence-electron chi connectivity index (χ3n) is 4.09. The van der Waals surface area contributed by atoms with Crippen molar-refractivity contribution in [2.24, 2.45) is 5.92 Å². The topological polar surface area (TPSA) is 71.4 Å². The lowest BCUT2D eigenvalue weighted by Crippen LogP contribution is -2.34. The Labute approximate surface area is 121 Å². The van der Waals surface area contributed by atoms with Crippen LogP contribution in [0, 0.1) is 12.8 Å². The van der Waals surface area contributed by atoms with E-state index >= 15 is 0 Å². The number of carbonyl (C=O) groups excluding carboxylic acids is 3. The fraction of sp³-hybridized carbons (Fsp3) is 0.235. The van der Waals surface area contributed by atoms with Crippen molar-refractivity contribution in [2.45, 2.75) is 20.0 Å². The van der Waals surface area contributed by atoms with Gasteiger partial charge in [0.1, 0.15) is 0 Å². The SMILES string of the molecule is CC(=O)c1cc2c(cc1C)C(=O)C1=CC=CC(=O)[C@H]1C2O. The lowest BCUT2D eigenvalue weighted by atomic mass is 9.72. The first-order chi connectivity index (χ1) is 9.91. The molecule has 4 nitrogen and oxygen atoms in total. The van der Waals surface area contributed by atoms with Crippen molar-refractivity contribution < 1.29 is 19.5 Å². The zero-order chi connectivity index (χ0) is 15.3. The minimum Gasteiger partial charge on any atom is -0.387 e. The molecule has 1 N–H and O–H groups in total. The van der Waals surface area contributed by atoms with Crippen molar-refractivity contribution in [1.29, 1.82) is 0 Å². The molecule has 0 aliphatic heterocycles. The van der Waals surface area contributed by atoms with Gasteiger partial charge in [-0.2, -0.15) is 0 Å². The molecule has 2 atom stereocenters.